The van der Waals surface area contributed by atoms with Crippen LogP contribution in [0.5, 0.6) is 0 Å². The molecule has 0 radical (unpaired) electrons. The van der Waals surface area contributed by atoms with Gasteiger partial charge in [0.25, 0.3) is 10.0 Å². The first-order valence-corrected chi connectivity index (χ1v) is 8.53. The standard InChI is InChI=1S/C12H14ClN3O2S2/c1-9-11(19-12(13)15-9)20(17,18)16(2)8-5-10-3-6-14-7-4-10/h3-4,6-7H,5,8H2,1-2H3. The lowest BCUT2D eigenvalue weighted by molar-refractivity contribution is 0.473. The molecule has 0 bridgehead atoms. The zero-order valence-electron chi connectivity index (χ0n) is 11.1. The molecule has 5 nitrogen and oxygen atoms in total. The molecule has 2 rings (SSSR count). The Morgan fingerprint density at radius 1 is 1.35 bits per heavy atom. The molecule has 2 heterocycles. The Kier molecular flexibility index (Phi) is 4.74. The number of hydrogen-bond donors (Lipinski definition) is 0. The highest BCUT2D eigenvalue weighted by atomic mass is 35.5. The van der Waals surface area contributed by atoms with Crippen LogP contribution in [0.2, 0.25) is 4.47 Å². The largest absolute Gasteiger partial charge is 0.265 e. The second kappa shape index (κ2) is 6.17. The Labute approximate surface area is 127 Å². The first-order chi connectivity index (χ1) is 9.41. The molecule has 0 atom stereocenters. The van der Waals surface area contributed by atoms with Gasteiger partial charge in [0.1, 0.15) is 0 Å². The van der Waals surface area contributed by atoms with E-state index in [9.17, 15) is 8.42 Å². The van der Waals surface area contributed by atoms with Crippen LogP contribution in [-0.4, -0.2) is 36.3 Å². The first-order valence-electron chi connectivity index (χ1n) is 5.89. The number of aryl methyl sites for hydroxylation is 1. The molecule has 0 saturated heterocycles. The summed E-state index contributed by atoms with van der Waals surface area (Å²) < 4.78 is 26.6. The van der Waals surface area contributed by atoms with Crippen LogP contribution >= 0.6 is 22.9 Å². The molecule has 0 N–H and O–H groups in total. The normalized spacial score (nSPS) is 12.0. The second-order valence-corrected chi connectivity index (χ2v) is 8.09. The van der Waals surface area contributed by atoms with Gasteiger partial charge < -0.3 is 0 Å². The summed E-state index contributed by atoms with van der Waals surface area (Å²) in [4.78, 5) is 7.88. The van der Waals surface area contributed by atoms with E-state index < -0.39 is 10.0 Å². The molecule has 2 aromatic rings. The minimum Gasteiger partial charge on any atom is -0.265 e. The molecule has 0 aliphatic carbocycles. The molecule has 0 saturated carbocycles. The molecule has 108 valence electrons. The first kappa shape index (κ1) is 15.4. The highest BCUT2D eigenvalue weighted by Crippen LogP contribution is 2.28. The van der Waals surface area contributed by atoms with Crippen molar-refractivity contribution in [2.24, 2.45) is 0 Å². The van der Waals surface area contributed by atoms with Gasteiger partial charge in [0.15, 0.2) is 8.68 Å². The van der Waals surface area contributed by atoms with Crippen molar-refractivity contribution >= 4 is 33.0 Å². The monoisotopic (exact) mass is 331 g/mol. The summed E-state index contributed by atoms with van der Waals surface area (Å²) in [5.74, 6) is 0. The molecule has 8 heteroatoms. The smallest absolute Gasteiger partial charge is 0.254 e. The Bertz CT molecular complexity index is 686. The lowest BCUT2D eigenvalue weighted by atomic mass is 10.2. The van der Waals surface area contributed by atoms with Crippen LogP contribution in [0.1, 0.15) is 11.3 Å². The Hall–Kier alpha value is -1.02. The van der Waals surface area contributed by atoms with Crippen molar-refractivity contribution in [3.8, 4) is 0 Å². The molecule has 2 aromatic heterocycles. The third-order valence-electron chi connectivity index (χ3n) is 2.84. The predicted octanol–water partition coefficient (Wildman–Crippen LogP) is 2.36. The zero-order chi connectivity index (χ0) is 14.8. The molecular formula is C12H14ClN3O2S2. The average molecular weight is 332 g/mol. The molecule has 0 aliphatic rings. The van der Waals surface area contributed by atoms with Gasteiger partial charge in [0.2, 0.25) is 0 Å². The number of halogens is 1. The van der Waals surface area contributed by atoms with E-state index in [2.05, 4.69) is 9.97 Å². The average Bonchev–Trinajstić information content (AvgIpc) is 2.77. The number of thiazole rings is 1. The van der Waals surface area contributed by atoms with E-state index in [0.29, 0.717) is 18.7 Å². The molecule has 0 amide bonds. The predicted molar refractivity (Wildman–Crippen MR) is 79.6 cm³/mol. The second-order valence-electron chi connectivity index (χ2n) is 4.27. The van der Waals surface area contributed by atoms with Crippen molar-refractivity contribution in [1.82, 2.24) is 14.3 Å². The van der Waals surface area contributed by atoms with E-state index in [0.717, 1.165) is 16.9 Å². The van der Waals surface area contributed by atoms with Crippen LogP contribution in [0.4, 0.5) is 0 Å². The SMILES string of the molecule is Cc1nc(Cl)sc1S(=O)(=O)N(C)CCc1ccncc1. The van der Waals surface area contributed by atoms with Crippen LogP contribution in [0.15, 0.2) is 28.7 Å². The van der Waals surface area contributed by atoms with Gasteiger partial charge in [-0.3, -0.25) is 4.98 Å². The van der Waals surface area contributed by atoms with Crippen LogP contribution in [0.25, 0.3) is 0 Å². The number of likely N-dealkylation sites (N-methyl/N-ethyl adjacent to an activating group) is 1. The molecule has 0 aromatic carbocycles. The Morgan fingerprint density at radius 2 is 2.00 bits per heavy atom. The molecule has 20 heavy (non-hydrogen) atoms. The van der Waals surface area contributed by atoms with Crippen LogP contribution in [0.3, 0.4) is 0 Å². The molecule has 0 unspecified atom stereocenters. The van der Waals surface area contributed by atoms with Crippen molar-refractivity contribution in [3.05, 3.63) is 40.3 Å². The van der Waals surface area contributed by atoms with Crippen molar-refractivity contribution in [3.63, 3.8) is 0 Å². The minimum atomic E-state index is -3.53. The Morgan fingerprint density at radius 3 is 2.55 bits per heavy atom. The van der Waals surface area contributed by atoms with Gasteiger partial charge in [-0.05, 0) is 31.0 Å². The summed E-state index contributed by atoms with van der Waals surface area (Å²) in [6.07, 6.45) is 4.01. The summed E-state index contributed by atoms with van der Waals surface area (Å²) >= 11 is 6.75. The summed E-state index contributed by atoms with van der Waals surface area (Å²) in [7, 11) is -1.97. The van der Waals surface area contributed by atoms with Gasteiger partial charge in [0, 0.05) is 26.0 Å². The number of aromatic nitrogens is 2. The Balaban J connectivity index is 2.12. The highest BCUT2D eigenvalue weighted by molar-refractivity contribution is 7.91. The van der Waals surface area contributed by atoms with Crippen LogP contribution in [-0.2, 0) is 16.4 Å². The van der Waals surface area contributed by atoms with E-state index in [1.54, 1.807) is 26.4 Å². The fourth-order valence-corrected chi connectivity index (χ4v) is 4.79. The third kappa shape index (κ3) is 3.35. The molecule has 0 spiro atoms. The maximum atomic E-state index is 12.4. The van der Waals surface area contributed by atoms with E-state index in [4.69, 9.17) is 11.6 Å². The molecule has 0 aliphatic heterocycles. The number of hydrogen-bond acceptors (Lipinski definition) is 5. The highest BCUT2D eigenvalue weighted by Gasteiger charge is 2.26. The van der Waals surface area contributed by atoms with E-state index in [1.165, 1.54) is 4.31 Å². The van der Waals surface area contributed by atoms with Crippen LogP contribution < -0.4 is 0 Å². The maximum Gasteiger partial charge on any atom is 0.254 e. The number of rotatable bonds is 5. The van der Waals surface area contributed by atoms with Gasteiger partial charge in [-0.2, -0.15) is 4.31 Å². The summed E-state index contributed by atoms with van der Waals surface area (Å²) in [5, 5.41) is 0. The van der Waals surface area contributed by atoms with Crippen LogP contribution in [0, 0.1) is 6.92 Å². The minimum absolute atomic E-state index is 0.208. The topological polar surface area (TPSA) is 63.2 Å². The molecular weight excluding hydrogens is 318 g/mol. The van der Waals surface area contributed by atoms with E-state index in [-0.39, 0.29) is 8.68 Å². The van der Waals surface area contributed by atoms with Gasteiger partial charge in [-0.1, -0.05) is 22.9 Å². The zero-order valence-corrected chi connectivity index (χ0v) is 13.5. The maximum absolute atomic E-state index is 12.4. The van der Waals surface area contributed by atoms with E-state index in [1.807, 2.05) is 12.1 Å². The van der Waals surface area contributed by atoms with Crippen molar-refractivity contribution in [2.45, 2.75) is 17.6 Å². The fourth-order valence-electron chi connectivity index (χ4n) is 1.69. The van der Waals surface area contributed by atoms with Crippen molar-refractivity contribution in [2.75, 3.05) is 13.6 Å². The van der Waals surface area contributed by atoms with Gasteiger partial charge in [0.05, 0.1) is 5.69 Å². The summed E-state index contributed by atoms with van der Waals surface area (Å²) in [6, 6.07) is 3.74. The molecule has 0 fully saturated rings. The van der Waals surface area contributed by atoms with Gasteiger partial charge in [-0.15, -0.1) is 0 Å². The summed E-state index contributed by atoms with van der Waals surface area (Å²) in [5.41, 5.74) is 1.48. The lowest BCUT2D eigenvalue weighted by Crippen LogP contribution is -2.28. The van der Waals surface area contributed by atoms with E-state index >= 15 is 0 Å². The number of pyridine rings is 1. The number of nitrogens with zero attached hydrogens (tertiary/aromatic N) is 3. The fraction of sp³-hybridized carbons (Fsp3) is 0.333. The summed E-state index contributed by atoms with van der Waals surface area (Å²) in [6.45, 7) is 2.03. The van der Waals surface area contributed by atoms with Crippen molar-refractivity contribution in [1.29, 1.82) is 0 Å². The lowest BCUT2D eigenvalue weighted by Gasteiger charge is -2.16. The van der Waals surface area contributed by atoms with Crippen molar-refractivity contribution < 1.29 is 8.42 Å². The van der Waals surface area contributed by atoms with Gasteiger partial charge >= 0.3 is 0 Å². The quantitative estimate of drug-likeness (QED) is 0.843. The van der Waals surface area contributed by atoms with Gasteiger partial charge in [-0.25, -0.2) is 13.4 Å². The third-order valence-corrected chi connectivity index (χ3v) is 6.54. The number of sulfonamides is 1.